The fourth-order valence-corrected chi connectivity index (χ4v) is 3.40. The monoisotopic (exact) mass is 533 g/mol. The number of hydrogen-bond donors (Lipinski definition) is 0. The SMILES string of the molecule is C.CC(C)C(C)(C)C.CC(C)C(C)C.CC(C)C1CC1.CC(C)C1CCCCC1.CC(C)c1ccccc1. The van der Waals surface area contributed by atoms with Crippen molar-refractivity contribution in [2.45, 2.75) is 162 Å². The molecule has 0 heteroatoms. The molecular weight excluding hydrogens is 456 g/mol. The van der Waals surface area contributed by atoms with Gasteiger partial charge in [-0.1, -0.05) is 174 Å². The van der Waals surface area contributed by atoms with E-state index in [0.717, 1.165) is 41.4 Å². The molecule has 0 aliphatic heterocycles. The Morgan fingerprint density at radius 1 is 0.553 bits per heavy atom. The predicted octanol–water partition coefficient (Wildman–Crippen LogP) is 13.7. The fourth-order valence-electron chi connectivity index (χ4n) is 3.40. The van der Waals surface area contributed by atoms with E-state index in [-0.39, 0.29) is 7.43 Å². The lowest BCUT2D eigenvalue weighted by atomic mass is 9.82. The Kier molecular flexibility index (Phi) is 25.2. The lowest BCUT2D eigenvalue weighted by Gasteiger charge is -2.24. The van der Waals surface area contributed by atoms with Crippen molar-refractivity contribution in [3.05, 3.63) is 35.9 Å². The van der Waals surface area contributed by atoms with E-state index in [1.54, 1.807) is 0 Å². The normalized spacial score (nSPS) is 15.5. The summed E-state index contributed by atoms with van der Waals surface area (Å²) in [6.07, 6.45) is 10.5. The second-order valence-corrected chi connectivity index (χ2v) is 14.8. The van der Waals surface area contributed by atoms with Gasteiger partial charge in [0.1, 0.15) is 0 Å². The van der Waals surface area contributed by atoms with Crippen LogP contribution in [-0.4, -0.2) is 0 Å². The number of rotatable bonds is 4. The third-order valence-corrected chi connectivity index (χ3v) is 8.69. The van der Waals surface area contributed by atoms with Crippen molar-refractivity contribution in [2.75, 3.05) is 0 Å². The van der Waals surface area contributed by atoms with E-state index in [1.807, 2.05) is 6.07 Å². The summed E-state index contributed by atoms with van der Waals surface area (Å²) in [5.41, 5.74) is 1.91. The maximum absolute atomic E-state index is 2.36. The highest BCUT2D eigenvalue weighted by atomic mass is 14.3. The molecule has 0 amide bonds. The molecule has 38 heavy (non-hydrogen) atoms. The quantitative estimate of drug-likeness (QED) is 0.361. The third kappa shape index (κ3) is 25.5. The van der Waals surface area contributed by atoms with E-state index in [9.17, 15) is 0 Å². The van der Waals surface area contributed by atoms with Gasteiger partial charge >= 0.3 is 0 Å². The minimum absolute atomic E-state index is 0. The lowest BCUT2D eigenvalue weighted by molar-refractivity contribution is 0.279. The van der Waals surface area contributed by atoms with Gasteiger partial charge in [0.05, 0.1) is 0 Å². The van der Waals surface area contributed by atoms with E-state index in [2.05, 4.69) is 128 Å². The zero-order valence-corrected chi connectivity index (χ0v) is 28.5. The molecule has 0 aromatic heterocycles. The van der Waals surface area contributed by atoms with Gasteiger partial charge in [-0.15, -0.1) is 0 Å². The highest BCUT2D eigenvalue weighted by Crippen LogP contribution is 2.35. The topological polar surface area (TPSA) is 0 Å². The molecule has 0 heterocycles. The zero-order valence-electron chi connectivity index (χ0n) is 28.5. The van der Waals surface area contributed by atoms with Gasteiger partial charge in [-0.2, -0.15) is 0 Å². The van der Waals surface area contributed by atoms with Gasteiger partial charge in [0.15, 0.2) is 0 Å². The van der Waals surface area contributed by atoms with Crippen molar-refractivity contribution in [1.29, 1.82) is 0 Å². The molecule has 0 radical (unpaired) electrons. The van der Waals surface area contributed by atoms with E-state index in [4.69, 9.17) is 0 Å². The molecule has 2 saturated carbocycles. The van der Waals surface area contributed by atoms with E-state index in [0.29, 0.717) is 11.3 Å². The maximum atomic E-state index is 2.36. The van der Waals surface area contributed by atoms with Crippen LogP contribution in [0.15, 0.2) is 30.3 Å². The fraction of sp³-hybridized carbons (Fsp3) is 0.842. The van der Waals surface area contributed by atoms with Crippen molar-refractivity contribution in [3.8, 4) is 0 Å². The van der Waals surface area contributed by atoms with E-state index < -0.39 is 0 Å². The Bertz CT molecular complexity index is 572. The first kappa shape index (κ1) is 41.7. The van der Waals surface area contributed by atoms with Gasteiger partial charge in [0.2, 0.25) is 0 Å². The van der Waals surface area contributed by atoms with E-state index >= 15 is 0 Å². The molecule has 228 valence electrons. The van der Waals surface area contributed by atoms with Crippen LogP contribution in [0.2, 0.25) is 0 Å². The summed E-state index contributed by atoms with van der Waals surface area (Å²) in [5.74, 6) is 7.22. The predicted molar refractivity (Wildman–Crippen MR) is 180 cm³/mol. The molecule has 2 aliphatic carbocycles. The average molecular weight is 533 g/mol. The maximum Gasteiger partial charge on any atom is -0.0219 e. The Morgan fingerprint density at radius 3 is 1.05 bits per heavy atom. The molecule has 2 fully saturated rings. The van der Waals surface area contributed by atoms with Gasteiger partial charge in [-0.25, -0.2) is 0 Å². The summed E-state index contributed by atoms with van der Waals surface area (Å²) in [5, 5.41) is 0. The molecule has 1 aromatic rings. The van der Waals surface area contributed by atoms with Crippen molar-refractivity contribution in [1.82, 2.24) is 0 Å². The van der Waals surface area contributed by atoms with Crippen LogP contribution in [0.5, 0.6) is 0 Å². The minimum Gasteiger partial charge on any atom is -0.0776 e. The lowest BCUT2D eigenvalue weighted by Crippen LogP contribution is -2.12. The Balaban J connectivity index is -0.000000405. The van der Waals surface area contributed by atoms with E-state index in [1.165, 1.54) is 50.5 Å². The average Bonchev–Trinajstić information content (AvgIpc) is 3.67. The van der Waals surface area contributed by atoms with Crippen LogP contribution in [0.1, 0.15) is 168 Å². The van der Waals surface area contributed by atoms with Crippen molar-refractivity contribution >= 4 is 0 Å². The molecular formula is C38H76. The summed E-state index contributed by atoms with van der Waals surface area (Å²) >= 11 is 0. The van der Waals surface area contributed by atoms with Gasteiger partial charge in [0, 0.05) is 0 Å². The third-order valence-electron chi connectivity index (χ3n) is 8.69. The highest BCUT2D eigenvalue weighted by molar-refractivity contribution is 5.17. The number of benzene rings is 1. The van der Waals surface area contributed by atoms with Crippen molar-refractivity contribution in [2.24, 2.45) is 46.8 Å². The van der Waals surface area contributed by atoms with Crippen LogP contribution < -0.4 is 0 Å². The Hall–Kier alpha value is -0.780. The van der Waals surface area contributed by atoms with Gasteiger partial charge in [-0.3, -0.25) is 0 Å². The molecule has 0 bridgehead atoms. The summed E-state index contributed by atoms with van der Waals surface area (Å²) in [6, 6.07) is 10.5. The Morgan fingerprint density at radius 2 is 0.895 bits per heavy atom. The second-order valence-electron chi connectivity index (χ2n) is 14.8. The first-order valence-electron chi connectivity index (χ1n) is 16.0. The second kappa shape index (κ2) is 23.0. The van der Waals surface area contributed by atoms with Gasteiger partial charge in [-0.05, 0) is 71.2 Å². The summed E-state index contributed by atoms with van der Waals surface area (Å²) < 4.78 is 0. The number of hydrogen-bond acceptors (Lipinski definition) is 0. The molecule has 0 saturated heterocycles. The molecule has 3 rings (SSSR count). The van der Waals surface area contributed by atoms with Crippen molar-refractivity contribution < 1.29 is 0 Å². The van der Waals surface area contributed by atoms with Gasteiger partial charge in [0.25, 0.3) is 0 Å². The molecule has 2 aliphatic rings. The minimum atomic E-state index is 0. The summed E-state index contributed by atoms with van der Waals surface area (Å²) in [7, 11) is 0. The van der Waals surface area contributed by atoms with Crippen LogP contribution in [-0.2, 0) is 0 Å². The first-order chi connectivity index (χ1) is 17.0. The van der Waals surface area contributed by atoms with Crippen LogP contribution in [0, 0.1) is 46.8 Å². The summed E-state index contributed by atoms with van der Waals surface area (Å²) in [6.45, 7) is 34.0. The molecule has 0 spiro atoms. The summed E-state index contributed by atoms with van der Waals surface area (Å²) in [4.78, 5) is 0. The van der Waals surface area contributed by atoms with Crippen LogP contribution in [0.3, 0.4) is 0 Å². The molecule has 0 N–H and O–H groups in total. The van der Waals surface area contributed by atoms with Gasteiger partial charge < -0.3 is 0 Å². The molecule has 0 nitrogen and oxygen atoms in total. The molecule has 0 unspecified atom stereocenters. The zero-order chi connectivity index (χ0) is 29.2. The largest absolute Gasteiger partial charge is 0.0776 e. The van der Waals surface area contributed by atoms with Crippen molar-refractivity contribution in [3.63, 3.8) is 0 Å². The Labute approximate surface area is 244 Å². The van der Waals surface area contributed by atoms with Crippen LogP contribution >= 0.6 is 0 Å². The smallest absolute Gasteiger partial charge is 0.0219 e. The van der Waals surface area contributed by atoms with Crippen LogP contribution in [0.25, 0.3) is 0 Å². The standard InChI is InChI=1S/C9H18.C9H12.C7H16.C6H12.C6H14.CH4/c2*1-8(2)9-6-4-3-5-7-9;1-6(2)7(3,4)5;1-5(2)6-3-4-6;1-5(2)6(3)4;/h8-9H,3-7H2,1-2H3;3-8H,1-2H3;6H,1-5H3;5-6H,3-4H2,1-2H3;5-6H,1-4H3;1H4. The highest BCUT2D eigenvalue weighted by Gasteiger charge is 2.24. The first-order valence-corrected chi connectivity index (χ1v) is 16.0. The molecule has 0 atom stereocenters. The van der Waals surface area contributed by atoms with Crippen LogP contribution in [0.4, 0.5) is 0 Å². The molecule has 1 aromatic carbocycles.